The Morgan fingerprint density at radius 3 is 2.94 bits per heavy atom. The quantitative estimate of drug-likeness (QED) is 0.818. The minimum atomic E-state index is -3.73. The first-order valence-corrected chi connectivity index (χ1v) is 6.96. The van der Waals surface area contributed by atoms with Crippen LogP contribution in [0.1, 0.15) is 19.5 Å². The van der Waals surface area contributed by atoms with Gasteiger partial charge in [0, 0.05) is 19.3 Å². The molecular weight excluding hydrogens is 254 g/mol. The second kappa shape index (κ2) is 6.44. The van der Waals surface area contributed by atoms with E-state index in [4.69, 9.17) is 10.00 Å². The summed E-state index contributed by atoms with van der Waals surface area (Å²) < 4.78 is 31.5. The molecule has 0 bridgehead atoms. The van der Waals surface area contributed by atoms with Gasteiger partial charge in [-0.2, -0.15) is 5.26 Å². The van der Waals surface area contributed by atoms with Crippen molar-refractivity contribution in [3.63, 3.8) is 0 Å². The van der Waals surface area contributed by atoms with Crippen LogP contribution in [0.5, 0.6) is 0 Å². The summed E-state index contributed by atoms with van der Waals surface area (Å²) in [6, 6.07) is 4.57. The van der Waals surface area contributed by atoms with Crippen LogP contribution in [0.2, 0.25) is 0 Å². The molecule has 0 aliphatic carbocycles. The van der Waals surface area contributed by atoms with Crippen molar-refractivity contribution in [2.45, 2.75) is 24.8 Å². The molecule has 0 fully saturated rings. The Morgan fingerprint density at radius 2 is 2.33 bits per heavy atom. The third kappa shape index (κ3) is 3.77. The average molecular weight is 269 g/mol. The van der Waals surface area contributed by atoms with E-state index in [2.05, 4.69) is 9.71 Å². The second-order valence-corrected chi connectivity index (χ2v) is 5.32. The number of hydrogen-bond donors (Lipinski definition) is 1. The molecule has 1 atom stereocenters. The Labute approximate surface area is 107 Å². The van der Waals surface area contributed by atoms with E-state index in [0.717, 1.165) is 0 Å². The maximum absolute atomic E-state index is 12.0. The van der Waals surface area contributed by atoms with Crippen molar-refractivity contribution in [2.75, 3.05) is 13.2 Å². The Bertz CT molecular complexity index is 537. The number of sulfonamides is 1. The van der Waals surface area contributed by atoms with Gasteiger partial charge in [0.25, 0.3) is 0 Å². The van der Waals surface area contributed by atoms with Crippen molar-refractivity contribution >= 4 is 10.0 Å². The predicted molar refractivity (Wildman–Crippen MR) is 65.2 cm³/mol. The molecular formula is C11H15N3O3S. The zero-order chi connectivity index (χ0) is 13.6. The molecule has 0 radical (unpaired) electrons. The van der Waals surface area contributed by atoms with E-state index in [9.17, 15) is 8.42 Å². The highest BCUT2D eigenvalue weighted by Crippen LogP contribution is 2.11. The van der Waals surface area contributed by atoms with Gasteiger partial charge in [0.15, 0.2) is 5.69 Å². The Kier molecular flexibility index (Phi) is 5.22. The first-order chi connectivity index (χ1) is 8.51. The van der Waals surface area contributed by atoms with Gasteiger partial charge in [0.1, 0.15) is 11.0 Å². The molecule has 98 valence electrons. The number of aromatic nitrogens is 1. The van der Waals surface area contributed by atoms with E-state index in [-0.39, 0.29) is 23.2 Å². The number of ether oxygens (including phenoxy) is 1. The highest BCUT2D eigenvalue weighted by Gasteiger charge is 2.19. The lowest BCUT2D eigenvalue weighted by molar-refractivity contribution is 0.0799. The van der Waals surface area contributed by atoms with Gasteiger partial charge in [-0.25, -0.2) is 18.1 Å². The third-order valence-electron chi connectivity index (χ3n) is 2.18. The molecule has 1 N–H and O–H groups in total. The molecule has 7 heteroatoms. The fourth-order valence-corrected chi connectivity index (χ4v) is 2.56. The smallest absolute Gasteiger partial charge is 0.243 e. The van der Waals surface area contributed by atoms with Crippen LogP contribution in [0.3, 0.4) is 0 Å². The van der Waals surface area contributed by atoms with Gasteiger partial charge in [0.05, 0.1) is 6.10 Å². The van der Waals surface area contributed by atoms with Crippen LogP contribution in [0, 0.1) is 11.3 Å². The monoisotopic (exact) mass is 269 g/mol. The van der Waals surface area contributed by atoms with Crippen LogP contribution in [0.15, 0.2) is 23.2 Å². The summed E-state index contributed by atoms with van der Waals surface area (Å²) in [5.74, 6) is 0. The van der Waals surface area contributed by atoms with Crippen molar-refractivity contribution in [3.8, 4) is 6.07 Å². The van der Waals surface area contributed by atoms with Gasteiger partial charge in [0.2, 0.25) is 10.0 Å². The number of nitrogens with zero attached hydrogens (tertiary/aromatic N) is 2. The zero-order valence-electron chi connectivity index (χ0n) is 10.3. The van der Waals surface area contributed by atoms with Gasteiger partial charge < -0.3 is 4.74 Å². The van der Waals surface area contributed by atoms with Crippen molar-refractivity contribution in [1.82, 2.24) is 9.71 Å². The minimum Gasteiger partial charge on any atom is -0.377 e. The van der Waals surface area contributed by atoms with Crippen LogP contribution in [0.4, 0.5) is 0 Å². The van der Waals surface area contributed by atoms with E-state index in [1.807, 2.05) is 6.92 Å². The molecule has 18 heavy (non-hydrogen) atoms. The number of nitriles is 1. The second-order valence-electron chi connectivity index (χ2n) is 3.58. The summed E-state index contributed by atoms with van der Waals surface area (Å²) in [6.07, 6.45) is 1.15. The Balaban J connectivity index is 2.84. The topological polar surface area (TPSA) is 92.1 Å². The standard InChI is InChI=1S/C11H15N3O3S/c1-3-17-9(2)8-14-18(15,16)11-5-4-6-13-10(11)7-12/h4-6,9,14H,3,8H2,1-2H3. The number of pyridine rings is 1. The average Bonchev–Trinajstić information content (AvgIpc) is 2.37. The van der Waals surface area contributed by atoms with Crippen molar-refractivity contribution in [3.05, 3.63) is 24.0 Å². The van der Waals surface area contributed by atoms with Crippen LogP contribution in [0.25, 0.3) is 0 Å². The highest BCUT2D eigenvalue weighted by atomic mass is 32.2. The van der Waals surface area contributed by atoms with E-state index in [0.29, 0.717) is 6.61 Å². The molecule has 0 saturated carbocycles. The summed E-state index contributed by atoms with van der Waals surface area (Å²) in [6.45, 7) is 4.26. The van der Waals surface area contributed by atoms with Crippen LogP contribution in [-0.4, -0.2) is 32.7 Å². The van der Waals surface area contributed by atoms with E-state index in [1.54, 1.807) is 13.0 Å². The van der Waals surface area contributed by atoms with Gasteiger partial charge in [-0.3, -0.25) is 0 Å². The molecule has 0 aliphatic heterocycles. The number of nitrogens with one attached hydrogen (secondary N) is 1. The van der Waals surface area contributed by atoms with Crippen molar-refractivity contribution < 1.29 is 13.2 Å². The van der Waals surface area contributed by atoms with Gasteiger partial charge >= 0.3 is 0 Å². The molecule has 0 amide bonds. The summed E-state index contributed by atoms with van der Waals surface area (Å²) in [4.78, 5) is 3.60. The molecule has 1 heterocycles. The number of rotatable bonds is 6. The lowest BCUT2D eigenvalue weighted by Gasteiger charge is -2.13. The van der Waals surface area contributed by atoms with Gasteiger partial charge in [-0.05, 0) is 26.0 Å². The predicted octanol–water partition coefficient (Wildman–Crippen LogP) is 0.657. The summed E-state index contributed by atoms with van der Waals surface area (Å²) in [5.41, 5.74) is -0.117. The van der Waals surface area contributed by atoms with Crippen LogP contribution >= 0.6 is 0 Å². The molecule has 1 unspecified atom stereocenters. The summed E-state index contributed by atoms with van der Waals surface area (Å²) in [5, 5.41) is 8.81. The lowest BCUT2D eigenvalue weighted by atomic mass is 10.4. The first kappa shape index (κ1) is 14.6. The molecule has 0 saturated heterocycles. The van der Waals surface area contributed by atoms with Crippen molar-refractivity contribution in [1.29, 1.82) is 5.26 Å². The minimum absolute atomic E-state index is 0.115. The van der Waals surface area contributed by atoms with E-state index >= 15 is 0 Å². The normalized spacial score (nSPS) is 12.9. The van der Waals surface area contributed by atoms with Crippen LogP contribution in [-0.2, 0) is 14.8 Å². The molecule has 0 aromatic carbocycles. The molecule has 1 aromatic heterocycles. The largest absolute Gasteiger partial charge is 0.377 e. The van der Waals surface area contributed by atoms with E-state index < -0.39 is 10.0 Å². The Morgan fingerprint density at radius 1 is 1.61 bits per heavy atom. The molecule has 1 rings (SSSR count). The summed E-state index contributed by atoms with van der Waals surface area (Å²) in [7, 11) is -3.73. The summed E-state index contributed by atoms with van der Waals surface area (Å²) >= 11 is 0. The fraction of sp³-hybridized carbons (Fsp3) is 0.455. The number of hydrogen-bond acceptors (Lipinski definition) is 5. The van der Waals surface area contributed by atoms with Gasteiger partial charge in [-0.1, -0.05) is 0 Å². The lowest BCUT2D eigenvalue weighted by Crippen LogP contribution is -2.32. The molecule has 6 nitrogen and oxygen atoms in total. The Hall–Kier alpha value is -1.49. The maximum atomic E-state index is 12.0. The van der Waals surface area contributed by atoms with Crippen LogP contribution < -0.4 is 4.72 Å². The molecule has 0 spiro atoms. The molecule has 1 aromatic rings. The van der Waals surface area contributed by atoms with Crippen molar-refractivity contribution in [2.24, 2.45) is 0 Å². The molecule has 0 aliphatic rings. The third-order valence-corrected chi connectivity index (χ3v) is 3.63. The fourth-order valence-electron chi connectivity index (χ4n) is 1.34. The maximum Gasteiger partial charge on any atom is 0.243 e. The zero-order valence-corrected chi connectivity index (χ0v) is 11.1. The van der Waals surface area contributed by atoms with Gasteiger partial charge in [-0.15, -0.1) is 0 Å². The SMILES string of the molecule is CCOC(C)CNS(=O)(=O)c1cccnc1C#N. The van der Waals surface area contributed by atoms with E-state index in [1.165, 1.54) is 18.3 Å². The first-order valence-electron chi connectivity index (χ1n) is 5.47. The highest BCUT2D eigenvalue weighted by molar-refractivity contribution is 7.89.